The lowest BCUT2D eigenvalue weighted by atomic mass is 10.1. The van der Waals surface area contributed by atoms with Crippen LogP contribution in [0.1, 0.15) is 21.6 Å². The molecule has 0 saturated heterocycles. The van der Waals surface area contributed by atoms with Crippen molar-refractivity contribution < 1.29 is 4.79 Å². The molecule has 108 valence electrons. The highest BCUT2D eigenvalue weighted by Gasteiger charge is 2.08. The Bertz CT molecular complexity index is 686. The van der Waals surface area contributed by atoms with Crippen molar-refractivity contribution in [2.24, 2.45) is 0 Å². The van der Waals surface area contributed by atoms with E-state index in [4.69, 9.17) is 12.2 Å². The van der Waals surface area contributed by atoms with Crippen molar-refractivity contribution in [3.63, 3.8) is 0 Å². The maximum absolute atomic E-state index is 12.0. The van der Waals surface area contributed by atoms with Gasteiger partial charge in [-0.2, -0.15) is 0 Å². The van der Waals surface area contributed by atoms with Gasteiger partial charge in [-0.25, -0.2) is 4.98 Å². The Morgan fingerprint density at radius 3 is 2.43 bits per heavy atom. The number of thiocarbonyl (C=S) groups is 1. The zero-order chi connectivity index (χ0) is 15.4. The van der Waals surface area contributed by atoms with Crippen LogP contribution in [0, 0.1) is 13.8 Å². The van der Waals surface area contributed by atoms with Crippen LogP contribution in [0.5, 0.6) is 0 Å². The van der Waals surface area contributed by atoms with E-state index < -0.39 is 0 Å². The fourth-order valence-electron chi connectivity index (χ4n) is 1.64. The number of aryl methyl sites for hydroxylation is 2. The second kappa shape index (κ2) is 6.78. The molecule has 1 heterocycles. The lowest BCUT2D eigenvalue weighted by Crippen LogP contribution is -2.34. The molecule has 0 spiro atoms. The zero-order valence-corrected chi connectivity index (χ0v) is 14.0. The molecule has 4 nitrogen and oxygen atoms in total. The third-order valence-corrected chi connectivity index (χ3v) is 3.85. The van der Waals surface area contributed by atoms with Gasteiger partial charge >= 0.3 is 0 Å². The van der Waals surface area contributed by atoms with Crippen molar-refractivity contribution in [2.75, 3.05) is 5.32 Å². The van der Waals surface area contributed by atoms with Gasteiger partial charge in [0, 0.05) is 10.0 Å². The molecule has 6 heteroatoms. The number of aromatic nitrogens is 1. The van der Waals surface area contributed by atoms with Crippen molar-refractivity contribution in [2.45, 2.75) is 13.8 Å². The second-order valence-electron chi connectivity index (χ2n) is 4.54. The first kappa shape index (κ1) is 15.6. The van der Waals surface area contributed by atoms with Crippen molar-refractivity contribution >= 4 is 45.0 Å². The fraction of sp³-hybridized carbons (Fsp3) is 0.133. The van der Waals surface area contributed by atoms with Gasteiger partial charge in [0.15, 0.2) is 5.11 Å². The predicted octanol–water partition coefficient (Wildman–Crippen LogP) is 3.59. The molecular formula is C15H14BrN3OS. The number of anilines is 1. The van der Waals surface area contributed by atoms with Gasteiger partial charge in [-0.3, -0.25) is 10.1 Å². The monoisotopic (exact) mass is 363 g/mol. The molecule has 2 rings (SSSR count). The average molecular weight is 364 g/mol. The zero-order valence-electron chi connectivity index (χ0n) is 11.6. The van der Waals surface area contributed by atoms with Gasteiger partial charge in [0.2, 0.25) is 0 Å². The van der Waals surface area contributed by atoms with Crippen molar-refractivity contribution in [3.05, 3.63) is 57.7 Å². The van der Waals surface area contributed by atoms with E-state index in [2.05, 4.69) is 31.5 Å². The van der Waals surface area contributed by atoms with Crippen LogP contribution in [0.4, 0.5) is 5.82 Å². The third kappa shape index (κ3) is 4.34. The number of hydrogen-bond donors (Lipinski definition) is 2. The summed E-state index contributed by atoms with van der Waals surface area (Å²) in [6, 6.07) is 10.9. The SMILES string of the molecule is Cc1ccc(C(=O)NC(=S)Nc2ccc(Br)c(C)n2)cc1. The van der Waals surface area contributed by atoms with E-state index in [1.807, 2.05) is 32.0 Å². The largest absolute Gasteiger partial charge is 0.317 e. The molecule has 0 aliphatic rings. The molecule has 0 atom stereocenters. The smallest absolute Gasteiger partial charge is 0.257 e. The van der Waals surface area contributed by atoms with Gasteiger partial charge in [-0.1, -0.05) is 17.7 Å². The standard InChI is InChI=1S/C15H14BrN3OS/c1-9-3-5-11(6-4-9)14(20)19-15(21)18-13-8-7-12(16)10(2)17-13/h3-8H,1-2H3,(H2,17,18,19,20,21). The number of rotatable bonds is 2. The fourth-order valence-corrected chi connectivity index (χ4v) is 2.06. The van der Waals surface area contributed by atoms with Crippen LogP contribution in [0.25, 0.3) is 0 Å². The molecule has 0 aliphatic heterocycles. The molecule has 0 unspecified atom stereocenters. The summed E-state index contributed by atoms with van der Waals surface area (Å²) >= 11 is 8.50. The van der Waals surface area contributed by atoms with Crippen LogP contribution in [0.3, 0.4) is 0 Å². The Morgan fingerprint density at radius 1 is 1.14 bits per heavy atom. The highest BCUT2D eigenvalue weighted by molar-refractivity contribution is 9.10. The van der Waals surface area contributed by atoms with Crippen molar-refractivity contribution in [1.29, 1.82) is 0 Å². The number of halogens is 1. The molecule has 2 N–H and O–H groups in total. The van der Waals surface area contributed by atoms with Gasteiger partial charge in [0.05, 0.1) is 5.69 Å². The average Bonchev–Trinajstić information content (AvgIpc) is 2.43. The molecule has 0 saturated carbocycles. The molecule has 21 heavy (non-hydrogen) atoms. The van der Waals surface area contributed by atoms with E-state index in [0.717, 1.165) is 15.7 Å². The molecule has 1 aromatic heterocycles. The van der Waals surface area contributed by atoms with Gasteiger partial charge in [0.1, 0.15) is 5.82 Å². The van der Waals surface area contributed by atoms with Crippen LogP contribution < -0.4 is 10.6 Å². The van der Waals surface area contributed by atoms with Gasteiger partial charge in [-0.05, 0) is 66.3 Å². The maximum Gasteiger partial charge on any atom is 0.257 e. The maximum atomic E-state index is 12.0. The third-order valence-electron chi connectivity index (χ3n) is 2.80. The quantitative estimate of drug-likeness (QED) is 0.800. The molecule has 1 amide bonds. The summed E-state index contributed by atoms with van der Waals surface area (Å²) in [4.78, 5) is 16.3. The lowest BCUT2D eigenvalue weighted by Gasteiger charge is -2.10. The van der Waals surface area contributed by atoms with E-state index in [0.29, 0.717) is 11.4 Å². The summed E-state index contributed by atoms with van der Waals surface area (Å²) in [7, 11) is 0. The first-order chi connectivity index (χ1) is 9.95. The van der Waals surface area contributed by atoms with Crippen LogP contribution >= 0.6 is 28.1 Å². The number of nitrogens with zero attached hydrogens (tertiary/aromatic N) is 1. The molecule has 0 fully saturated rings. The predicted molar refractivity (Wildman–Crippen MR) is 91.5 cm³/mol. The second-order valence-corrected chi connectivity index (χ2v) is 5.80. The van der Waals surface area contributed by atoms with E-state index in [-0.39, 0.29) is 11.0 Å². The minimum Gasteiger partial charge on any atom is -0.317 e. The Kier molecular flexibility index (Phi) is 5.03. The number of hydrogen-bond acceptors (Lipinski definition) is 3. The highest BCUT2D eigenvalue weighted by atomic mass is 79.9. The normalized spacial score (nSPS) is 10.0. The summed E-state index contributed by atoms with van der Waals surface area (Å²) in [5.41, 5.74) is 2.50. The molecule has 0 aliphatic carbocycles. The Morgan fingerprint density at radius 2 is 1.81 bits per heavy atom. The van der Waals surface area contributed by atoms with Gasteiger partial charge < -0.3 is 5.32 Å². The lowest BCUT2D eigenvalue weighted by molar-refractivity contribution is 0.0978. The van der Waals surface area contributed by atoms with E-state index in [1.54, 1.807) is 18.2 Å². The molecule has 0 radical (unpaired) electrons. The summed E-state index contributed by atoms with van der Waals surface area (Å²) in [5, 5.41) is 5.73. The Hall–Kier alpha value is -1.79. The molecular weight excluding hydrogens is 350 g/mol. The number of benzene rings is 1. The first-order valence-electron chi connectivity index (χ1n) is 6.28. The van der Waals surface area contributed by atoms with Gasteiger partial charge in [-0.15, -0.1) is 0 Å². The molecule has 1 aromatic carbocycles. The minimum atomic E-state index is -0.249. The van der Waals surface area contributed by atoms with E-state index in [1.165, 1.54) is 0 Å². The summed E-state index contributed by atoms with van der Waals surface area (Å²) < 4.78 is 0.919. The number of carbonyl (C=O) groups excluding carboxylic acids is 1. The summed E-state index contributed by atoms with van der Waals surface area (Å²) in [5.74, 6) is 0.339. The van der Waals surface area contributed by atoms with E-state index >= 15 is 0 Å². The van der Waals surface area contributed by atoms with E-state index in [9.17, 15) is 4.79 Å². The minimum absolute atomic E-state index is 0.217. The number of amides is 1. The summed E-state index contributed by atoms with van der Waals surface area (Å²) in [6.45, 7) is 3.85. The van der Waals surface area contributed by atoms with Crippen LogP contribution in [-0.4, -0.2) is 16.0 Å². The van der Waals surface area contributed by atoms with Crippen LogP contribution in [0.2, 0.25) is 0 Å². The van der Waals surface area contributed by atoms with Crippen molar-refractivity contribution in [3.8, 4) is 0 Å². The summed E-state index contributed by atoms with van der Waals surface area (Å²) in [6.07, 6.45) is 0. The van der Waals surface area contributed by atoms with Crippen LogP contribution in [-0.2, 0) is 0 Å². The number of carbonyl (C=O) groups is 1. The Balaban J connectivity index is 1.99. The number of pyridine rings is 1. The molecule has 2 aromatic rings. The highest BCUT2D eigenvalue weighted by Crippen LogP contribution is 2.16. The van der Waals surface area contributed by atoms with Gasteiger partial charge in [0.25, 0.3) is 5.91 Å². The van der Waals surface area contributed by atoms with Crippen molar-refractivity contribution in [1.82, 2.24) is 10.3 Å². The topological polar surface area (TPSA) is 54.0 Å². The molecule has 0 bridgehead atoms. The first-order valence-corrected chi connectivity index (χ1v) is 7.48. The Labute approximate surface area is 137 Å². The number of nitrogens with one attached hydrogen (secondary N) is 2. The van der Waals surface area contributed by atoms with Crippen LogP contribution in [0.15, 0.2) is 40.9 Å².